The standard InChI is InChI=1S/C13H24/c1-4-12-7-5-6-8-13(12)10-9-11(2)3/h12-13H,2,4-10H2,1,3H3. The first kappa shape index (κ1) is 10.8. The molecule has 1 saturated carbocycles. The largest absolute Gasteiger partial charge is 0.100 e. The van der Waals surface area contributed by atoms with E-state index in [4.69, 9.17) is 0 Å². The summed E-state index contributed by atoms with van der Waals surface area (Å²) < 4.78 is 0. The zero-order valence-corrected chi connectivity index (χ0v) is 9.31. The van der Waals surface area contributed by atoms with Crippen LogP contribution in [-0.4, -0.2) is 0 Å². The third-order valence-electron chi connectivity index (χ3n) is 3.53. The average molecular weight is 180 g/mol. The highest BCUT2D eigenvalue weighted by Gasteiger charge is 2.22. The first-order valence-corrected chi connectivity index (χ1v) is 5.88. The average Bonchev–Trinajstić information content (AvgIpc) is 2.15. The van der Waals surface area contributed by atoms with E-state index < -0.39 is 0 Å². The number of hydrogen-bond acceptors (Lipinski definition) is 0. The molecule has 0 heterocycles. The quantitative estimate of drug-likeness (QED) is 0.556. The lowest BCUT2D eigenvalue weighted by Gasteiger charge is -2.30. The predicted octanol–water partition coefficient (Wildman–Crippen LogP) is 4.56. The van der Waals surface area contributed by atoms with Crippen LogP contribution in [0.1, 0.15) is 58.8 Å². The van der Waals surface area contributed by atoms with E-state index in [9.17, 15) is 0 Å². The maximum absolute atomic E-state index is 3.99. The van der Waals surface area contributed by atoms with Crippen molar-refractivity contribution < 1.29 is 0 Å². The van der Waals surface area contributed by atoms with Gasteiger partial charge in [0.1, 0.15) is 0 Å². The molecule has 76 valence electrons. The van der Waals surface area contributed by atoms with Gasteiger partial charge in [0.2, 0.25) is 0 Å². The number of hydrogen-bond donors (Lipinski definition) is 0. The molecule has 0 N–H and O–H groups in total. The van der Waals surface area contributed by atoms with Crippen molar-refractivity contribution in [3.8, 4) is 0 Å². The Kier molecular flexibility index (Phi) is 4.55. The minimum absolute atomic E-state index is 1.01. The third kappa shape index (κ3) is 3.54. The summed E-state index contributed by atoms with van der Waals surface area (Å²) in [7, 11) is 0. The highest BCUT2D eigenvalue weighted by molar-refractivity contribution is 4.89. The van der Waals surface area contributed by atoms with Gasteiger partial charge >= 0.3 is 0 Å². The van der Waals surface area contributed by atoms with E-state index in [1.807, 2.05) is 0 Å². The number of rotatable bonds is 4. The van der Waals surface area contributed by atoms with Gasteiger partial charge in [0, 0.05) is 0 Å². The summed E-state index contributed by atoms with van der Waals surface area (Å²) in [6.45, 7) is 8.50. The summed E-state index contributed by atoms with van der Waals surface area (Å²) in [5.74, 6) is 2.03. The van der Waals surface area contributed by atoms with E-state index in [0.29, 0.717) is 0 Å². The Morgan fingerprint density at radius 2 is 1.85 bits per heavy atom. The Balaban J connectivity index is 2.31. The zero-order chi connectivity index (χ0) is 9.68. The molecule has 0 aliphatic heterocycles. The molecule has 2 atom stereocenters. The molecular weight excluding hydrogens is 156 g/mol. The van der Waals surface area contributed by atoms with E-state index >= 15 is 0 Å². The SMILES string of the molecule is C=C(C)CCC1CCCCC1CC. The van der Waals surface area contributed by atoms with Crippen molar-refractivity contribution in [1.82, 2.24) is 0 Å². The molecule has 1 aliphatic rings. The van der Waals surface area contributed by atoms with E-state index in [2.05, 4.69) is 20.4 Å². The minimum atomic E-state index is 1.01. The van der Waals surface area contributed by atoms with Gasteiger partial charge in [-0.15, -0.1) is 6.58 Å². The molecule has 1 fully saturated rings. The van der Waals surface area contributed by atoms with Crippen molar-refractivity contribution in [3.05, 3.63) is 12.2 Å². The van der Waals surface area contributed by atoms with Crippen LogP contribution in [0.3, 0.4) is 0 Å². The first-order chi connectivity index (χ1) is 6.24. The molecule has 1 aliphatic carbocycles. The van der Waals surface area contributed by atoms with E-state index in [1.54, 1.807) is 0 Å². The van der Waals surface area contributed by atoms with Gasteiger partial charge in [-0.25, -0.2) is 0 Å². The fourth-order valence-electron chi connectivity index (χ4n) is 2.63. The highest BCUT2D eigenvalue weighted by atomic mass is 14.3. The molecule has 0 amide bonds. The monoisotopic (exact) mass is 180 g/mol. The van der Waals surface area contributed by atoms with Gasteiger partial charge in [-0.3, -0.25) is 0 Å². The molecular formula is C13H24. The molecule has 1 rings (SSSR count). The molecule has 0 aromatic rings. The van der Waals surface area contributed by atoms with Gasteiger partial charge in [0.15, 0.2) is 0 Å². The third-order valence-corrected chi connectivity index (χ3v) is 3.53. The molecule has 0 spiro atoms. The summed E-state index contributed by atoms with van der Waals surface area (Å²) in [6.07, 6.45) is 9.94. The lowest BCUT2D eigenvalue weighted by molar-refractivity contribution is 0.218. The van der Waals surface area contributed by atoms with E-state index in [-0.39, 0.29) is 0 Å². The second kappa shape index (κ2) is 5.47. The molecule has 0 nitrogen and oxygen atoms in total. The van der Waals surface area contributed by atoms with E-state index in [0.717, 1.165) is 11.8 Å². The second-order valence-corrected chi connectivity index (χ2v) is 4.71. The van der Waals surface area contributed by atoms with Crippen LogP contribution in [0, 0.1) is 11.8 Å². The molecule has 0 heteroatoms. The first-order valence-electron chi connectivity index (χ1n) is 5.88. The summed E-state index contributed by atoms with van der Waals surface area (Å²) in [4.78, 5) is 0. The van der Waals surface area contributed by atoms with Crippen LogP contribution in [0.4, 0.5) is 0 Å². The fraction of sp³-hybridized carbons (Fsp3) is 0.846. The Morgan fingerprint density at radius 3 is 2.38 bits per heavy atom. The topological polar surface area (TPSA) is 0 Å². The normalized spacial score (nSPS) is 28.8. The maximum Gasteiger partial charge on any atom is -0.0323 e. The van der Waals surface area contributed by atoms with Crippen molar-refractivity contribution in [2.75, 3.05) is 0 Å². The Morgan fingerprint density at radius 1 is 1.23 bits per heavy atom. The molecule has 2 unspecified atom stereocenters. The molecule has 0 bridgehead atoms. The van der Waals surface area contributed by atoms with Gasteiger partial charge in [0.25, 0.3) is 0 Å². The van der Waals surface area contributed by atoms with E-state index in [1.165, 1.54) is 50.5 Å². The second-order valence-electron chi connectivity index (χ2n) is 4.71. The zero-order valence-electron chi connectivity index (χ0n) is 9.31. The van der Waals surface area contributed by atoms with Crippen LogP contribution in [0.2, 0.25) is 0 Å². The highest BCUT2D eigenvalue weighted by Crippen LogP contribution is 2.35. The van der Waals surface area contributed by atoms with Crippen LogP contribution >= 0.6 is 0 Å². The Bertz CT molecular complexity index is 157. The lowest BCUT2D eigenvalue weighted by atomic mass is 9.75. The predicted molar refractivity (Wildman–Crippen MR) is 59.8 cm³/mol. The fourth-order valence-corrected chi connectivity index (χ4v) is 2.63. The molecule has 0 aromatic heterocycles. The molecule has 0 aromatic carbocycles. The summed E-state index contributed by atoms with van der Waals surface area (Å²) in [5.41, 5.74) is 1.36. The van der Waals surface area contributed by atoms with Gasteiger partial charge in [-0.05, 0) is 31.6 Å². The van der Waals surface area contributed by atoms with Crippen molar-refractivity contribution >= 4 is 0 Å². The summed E-state index contributed by atoms with van der Waals surface area (Å²) in [6, 6.07) is 0. The van der Waals surface area contributed by atoms with Gasteiger partial charge in [0.05, 0.1) is 0 Å². The maximum atomic E-state index is 3.99. The Hall–Kier alpha value is -0.260. The Labute approximate surface area is 83.4 Å². The van der Waals surface area contributed by atoms with Crippen LogP contribution in [-0.2, 0) is 0 Å². The van der Waals surface area contributed by atoms with Crippen molar-refractivity contribution in [3.63, 3.8) is 0 Å². The van der Waals surface area contributed by atoms with Crippen LogP contribution < -0.4 is 0 Å². The van der Waals surface area contributed by atoms with Crippen molar-refractivity contribution in [2.24, 2.45) is 11.8 Å². The molecule has 0 saturated heterocycles. The van der Waals surface area contributed by atoms with Crippen LogP contribution in [0.15, 0.2) is 12.2 Å². The van der Waals surface area contributed by atoms with Gasteiger partial charge in [-0.2, -0.15) is 0 Å². The van der Waals surface area contributed by atoms with Crippen LogP contribution in [0.5, 0.6) is 0 Å². The van der Waals surface area contributed by atoms with Crippen molar-refractivity contribution in [1.29, 1.82) is 0 Å². The summed E-state index contributed by atoms with van der Waals surface area (Å²) in [5, 5.41) is 0. The van der Waals surface area contributed by atoms with Crippen molar-refractivity contribution in [2.45, 2.75) is 58.8 Å². The smallest absolute Gasteiger partial charge is 0.0323 e. The molecule has 13 heavy (non-hydrogen) atoms. The lowest BCUT2D eigenvalue weighted by Crippen LogP contribution is -2.18. The minimum Gasteiger partial charge on any atom is -0.100 e. The van der Waals surface area contributed by atoms with Gasteiger partial charge < -0.3 is 0 Å². The number of allylic oxidation sites excluding steroid dienone is 1. The van der Waals surface area contributed by atoms with Crippen LogP contribution in [0.25, 0.3) is 0 Å². The van der Waals surface area contributed by atoms with Gasteiger partial charge in [-0.1, -0.05) is 44.6 Å². The summed E-state index contributed by atoms with van der Waals surface area (Å²) >= 11 is 0. The molecule has 0 radical (unpaired) electrons.